The highest BCUT2D eigenvalue weighted by atomic mass is 35.5. The predicted octanol–water partition coefficient (Wildman–Crippen LogP) is 3.45. The summed E-state index contributed by atoms with van der Waals surface area (Å²) in [5.41, 5.74) is 1.98. The zero-order valence-corrected chi connectivity index (χ0v) is 12.8. The largest absolute Gasteiger partial charge is 0.493 e. The van der Waals surface area contributed by atoms with E-state index < -0.39 is 0 Å². The molecule has 5 heteroatoms. The van der Waals surface area contributed by atoms with Gasteiger partial charge in [-0.3, -0.25) is 0 Å². The predicted molar refractivity (Wildman–Crippen MR) is 79.7 cm³/mol. The monoisotopic (exact) mass is 294 g/mol. The second kappa shape index (κ2) is 5.17. The van der Waals surface area contributed by atoms with Crippen LogP contribution in [0, 0.1) is 11.8 Å². The zero-order valence-electron chi connectivity index (χ0n) is 12.0. The Bertz CT molecular complexity index is 638. The van der Waals surface area contributed by atoms with Crippen LogP contribution >= 0.6 is 11.6 Å². The number of nitrogens with zero attached hydrogens (tertiary/aromatic N) is 2. The Morgan fingerprint density at radius 1 is 1.30 bits per heavy atom. The Morgan fingerprint density at radius 2 is 1.95 bits per heavy atom. The number of alkyl halides is 1. The lowest BCUT2D eigenvalue weighted by Crippen LogP contribution is -2.05. The van der Waals surface area contributed by atoms with Gasteiger partial charge in [0.25, 0.3) is 0 Å². The van der Waals surface area contributed by atoms with Crippen molar-refractivity contribution in [1.29, 1.82) is 0 Å². The molecule has 3 rings (SSSR count). The first-order chi connectivity index (χ1) is 9.67. The topological polar surface area (TPSA) is 36.3 Å². The zero-order chi connectivity index (χ0) is 14.3. The standard InChI is InChI=1S/C15H19ClN2O2/c1-9-4-10(9)8-18-12-6-14(20-3)13(19-2)5-11(12)17-15(18)7-16/h5-6,9-10H,4,7-8H2,1-3H3. The van der Waals surface area contributed by atoms with Gasteiger partial charge in [-0.05, 0) is 18.3 Å². The fraction of sp³-hybridized carbons (Fsp3) is 0.533. The van der Waals surface area contributed by atoms with Crippen LogP contribution in [0.25, 0.3) is 11.0 Å². The summed E-state index contributed by atoms with van der Waals surface area (Å²) in [4.78, 5) is 4.62. The third-order valence-electron chi connectivity index (χ3n) is 4.15. The van der Waals surface area contributed by atoms with Gasteiger partial charge in [0.15, 0.2) is 11.5 Å². The van der Waals surface area contributed by atoms with E-state index in [4.69, 9.17) is 21.1 Å². The molecule has 1 fully saturated rings. The molecule has 4 nitrogen and oxygen atoms in total. The van der Waals surface area contributed by atoms with Crippen LogP contribution in [-0.4, -0.2) is 23.8 Å². The molecular formula is C15H19ClN2O2. The lowest BCUT2D eigenvalue weighted by Gasteiger charge is -2.10. The summed E-state index contributed by atoms with van der Waals surface area (Å²) < 4.78 is 12.9. The first kappa shape index (κ1) is 13.6. The Labute approximate surface area is 123 Å². The van der Waals surface area contributed by atoms with Crippen molar-refractivity contribution in [2.75, 3.05) is 14.2 Å². The van der Waals surface area contributed by atoms with E-state index in [0.29, 0.717) is 11.6 Å². The van der Waals surface area contributed by atoms with Crippen molar-refractivity contribution in [2.24, 2.45) is 11.8 Å². The van der Waals surface area contributed by atoms with Crippen molar-refractivity contribution in [3.8, 4) is 11.5 Å². The minimum absolute atomic E-state index is 0.417. The van der Waals surface area contributed by atoms with Gasteiger partial charge in [-0.2, -0.15) is 0 Å². The molecule has 1 aromatic heterocycles. The van der Waals surface area contributed by atoms with Crippen LogP contribution in [0.1, 0.15) is 19.2 Å². The number of methoxy groups -OCH3 is 2. The second-order valence-electron chi connectivity index (χ2n) is 5.44. The molecule has 0 spiro atoms. The molecule has 1 aromatic carbocycles. The van der Waals surface area contributed by atoms with Gasteiger partial charge < -0.3 is 14.0 Å². The number of imidazole rings is 1. The van der Waals surface area contributed by atoms with Gasteiger partial charge in [-0.1, -0.05) is 6.92 Å². The lowest BCUT2D eigenvalue weighted by molar-refractivity contribution is 0.355. The van der Waals surface area contributed by atoms with Crippen molar-refractivity contribution in [1.82, 2.24) is 9.55 Å². The molecule has 2 aromatic rings. The molecule has 0 aliphatic heterocycles. The number of fused-ring (bicyclic) bond motifs is 1. The van der Waals surface area contributed by atoms with Gasteiger partial charge >= 0.3 is 0 Å². The van der Waals surface area contributed by atoms with E-state index in [9.17, 15) is 0 Å². The third-order valence-corrected chi connectivity index (χ3v) is 4.38. The normalized spacial score (nSPS) is 21.2. The van der Waals surface area contributed by atoms with Gasteiger partial charge in [0, 0.05) is 18.7 Å². The number of rotatable bonds is 5. The Balaban J connectivity index is 2.10. The first-order valence-corrected chi connectivity index (χ1v) is 7.38. The molecule has 1 aliphatic rings. The van der Waals surface area contributed by atoms with Gasteiger partial charge in [0.1, 0.15) is 5.82 Å². The smallest absolute Gasteiger partial charge is 0.163 e. The number of halogens is 1. The summed E-state index contributed by atoms with van der Waals surface area (Å²) in [6.45, 7) is 3.27. The second-order valence-corrected chi connectivity index (χ2v) is 5.71. The summed E-state index contributed by atoms with van der Waals surface area (Å²) in [5, 5.41) is 0. The van der Waals surface area contributed by atoms with Crippen molar-refractivity contribution >= 4 is 22.6 Å². The van der Waals surface area contributed by atoms with E-state index in [0.717, 1.165) is 41.0 Å². The number of hydrogen-bond donors (Lipinski definition) is 0. The average molecular weight is 295 g/mol. The molecule has 2 unspecified atom stereocenters. The van der Waals surface area contributed by atoms with Gasteiger partial charge in [0.2, 0.25) is 0 Å². The molecule has 0 radical (unpaired) electrons. The molecule has 1 aliphatic carbocycles. The highest BCUT2D eigenvalue weighted by molar-refractivity contribution is 6.16. The quantitative estimate of drug-likeness (QED) is 0.793. The molecule has 1 heterocycles. The summed E-state index contributed by atoms with van der Waals surface area (Å²) >= 11 is 6.05. The molecule has 0 amide bonds. The number of hydrogen-bond acceptors (Lipinski definition) is 3. The highest BCUT2D eigenvalue weighted by Gasteiger charge is 2.33. The number of aromatic nitrogens is 2. The molecule has 20 heavy (non-hydrogen) atoms. The van der Waals surface area contributed by atoms with Crippen LogP contribution in [-0.2, 0) is 12.4 Å². The van der Waals surface area contributed by atoms with Crippen LogP contribution in [0.15, 0.2) is 12.1 Å². The van der Waals surface area contributed by atoms with E-state index in [-0.39, 0.29) is 0 Å². The molecular weight excluding hydrogens is 276 g/mol. The molecule has 0 N–H and O–H groups in total. The fourth-order valence-corrected chi connectivity index (χ4v) is 2.90. The van der Waals surface area contributed by atoms with E-state index in [1.807, 2.05) is 12.1 Å². The van der Waals surface area contributed by atoms with Gasteiger partial charge in [-0.25, -0.2) is 4.98 Å². The maximum atomic E-state index is 6.05. The summed E-state index contributed by atoms with van der Waals surface area (Å²) in [6, 6.07) is 3.90. The molecule has 0 bridgehead atoms. The minimum Gasteiger partial charge on any atom is -0.493 e. The molecule has 1 saturated carbocycles. The average Bonchev–Trinajstić information content (AvgIpc) is 3.05. The SMILES string of the molecule is COc1cc2nc(CCl)n(CC3CC3C)c2cc1OC. The fourth-order valence-electron chi connectivity index (χ4n) is 2.70. The summed E-state index contributed by atoms with van der Waals surface area (Å²) in [5.74, 6) is 4.30. The Kier molecular flexibility index (Phi) is 3.50. The molecule has 2 atom stereocenters. The van der Waals surface area contributed by atoms with E-state index in [1.54, 1.807) is 14.2 Å². The maximum Gasteiger partial charge on any atom is 0.163 e. The van der Waals surface area contributed by atoms with Gasteiger partial charge in [0.05, 0.1) is 31.1 Å². The summed E-state index contributed by atoms with van der Waals surface area (Å²) in [7, 11) is 3.28. The molecule has 108 valence electrons. The van der Waals surface area contributed by atoms with Crippen LogP contribution in [0.5, 0.6) is 11.5 Å². The minimum atomic E-state index is 0.417. The van der Waals surface area contributed by atoms with Crippen molar-refractivity contribution in [2.45, 2.75) is 25.8 Å². The summed E-state index contributed by atoms with van der Waals surface area (Å²) in [6.07, 6.45) is 1.29. The van der Waals surface area contributed by atoms with Gasteiger partial charge in [-0.15, -0.1) is 11.6 Å². The Hall–Kier alpha value is -1.42. The van der Waals surface area contributed by atoms with Crippen LogP contribution < -0.4 is 9.47 Å². The number of ether oxygens (including phenoxy) is 2. The van der Waals surface area contributed by atoms with Crippen LogP contribution in [0.3, 0.4) is 0 Å². The number of benzene rings is 1. The van der Waals surface area contributed by atoms with E-state index >= 15 is 0 Å². The van der Waals surface area contributed by atoms with Crippen LogP contribution in [0.4, 0.5) is 0 Å². The van der Waals surface area contributed by atoms with Crippen molar-refractivity contribution in [3.63, 3.8) is 0 Å². The van der Waals surface area contributed by atoms with E-state index in [2.05, 4.69) is 16.5 Å². The van der Waals surface area contributed by atoms with Crippen molar-refractivity contribution in [3.05, 3.63) is 18.0 Å². The van der Waals surface area contributed by atoms with E-state index in [1.165, 1.54) is 6.42 Å². The molecule has 0 saturated heterocycles. The third kappa shape index (κ3) is 2.22. The highest BCUT2D eigenvalue weighted by Crippen LogP contribution is 2.41. The van der Waals surface area contributed by atoms with Crippen LogP contribution in [0.2, 0.25) is 0 Å². The van der Waals surface area contributed by atoms with Crippen molar-refractivity contribution < 1.29 is 9.47 Å². The Morgan fingerprint density at radius 3 is 2.50 bits per heavy atom. The first-order valence-electron chi connectivity index (χ1n) is 6.85. The maximum absolute atomic E-state index is 6.05. The lowest BCUT2D eigenvalue weighted by atomic mass is 10.2.